The van der Waals surface area contributed by atoms with Gasteiger partial charge in [0, 0.05) is 23.8 Å². The largest absolute Gasteiger partial charge is 0.428 e. The molecule has 1 aliphatic rings. The zero-order chi connectivity index (χ0) is 27.8. The van der Waals surface area contributed by atoms with Crippen LogP contribution >= 0.6 is 11.6 Å². The molecule has 1 aromatic heterocycles. The molecule has 0 saturated carbocycles. The molecule has 38 heavy (non-hydrogen) atoms. The van der Waals surface area contributed by atoms with Gasteiger partial charge in [-0.05, 0) is 73.2 Å². The van der Waals surface area contributed by atoms with E-state index in [1.165, 1.54) is 18.2 Å². The Labute approximate surface area is 225 Å². The Morgan fingerprint density at radius 2 is 1.74 bits per heavy atom. The molecule has 0 spiro atoms. The molecule has 2 aromatic carbocycles. The molecule has 204 valence electrons. The van der Waals surface area contributed by atoms with Gasteiger partial charge in [-0.25, -0.2) is 0 Å². The number of pyridine rings is 1. The van der Waals surface area contributed by atoms with Crippen molar-refractivity contribution in [2.75, 3.05) is 26.2 Å². The van der Waals surface area contributed by atoms with Crippen LogP contribution in [0, 0.1) is 5.41 Å². The third kappa shape index (κ3) is 5.76. The second-order valence-corrected chi connectivity index (χ2v) is 11.2. The molecular weight excluding hydrogens is 515 g/mol. The van der Waals surface area contributed by atoms with Crippen molar-refractivity contribution in [3.05, 3.63) is 80.1 Å². The van der Waals surface area contributed by atoms with Crippen molar-refractivity contribution >= 4 is 28.2 Å². The fourth-order valence-corrected chi connectivity index (χ4v) is 5.43. The number of rotatable bonds is 7. The Morgan fingerprint density at radius 3 is 2.34 bits per heavy atom. The average molecular weight is 548 g/mol. The molecule has 9 heteroatoms. The van der Waals surface area contributed by atoms with Gasteiger partial charge in [0.1, 0.15) is 0 Å². The maximum absolute atomic E-state index is 13.7. The van der Waals surface area contributed by atoms with Crippen LogP contribution in [0.3, 0.4) is 0 Å². The minimum atomic E-state index is -4.42. The van der Waals surface area contributed by atoms with Gasteiger partial charge in [-0.3, -0.25) is 9.79 Å². The van der Waals surface area contributed by atoms with E-state index in [1.807, 2.05) is 0 Å². The third-order valence-electron chi connectivity index (χ3n) is 7.32. The standard InChI is InChI=1S/C29H33ClF3N3O2/c1-5-35(6-2)17-28(3,4)16-34-23-13-19(18-7-9-20(10-8-18)29(31,32)33)14-25-26(23)27(37)22-15-21(30)11-12-24(22)36(25)38/h7-12,15,19,38H,5-6,13-14,16-17H2,1-4H3. The number of alkyl halides is 3. The number of fused-ring (bicyclic) bond motifs is 2. The fourth-order valence-electron chi connectivity index (χ4n) is 5.25. The molecule has 1 unspecified atom stereocenters. The summed E-state index contributed by atoms with van der Waals surface area (Å²) in [7, 11) is 0. The zero-order valence-electron chi connectivity index (χ0n) is 22.1. The fraction of sp³-hybridized carbons (Fsp3) is 0.448. The van der Waals surface area contributed by atoms with Crippen molar-refractivity contribution in [3.63, 3.8) is 0 Å². The third-order valence-corrected chi connectivity index (χ3v) is 7.56. The van der Waals surface area contributed by atoms with E-state index < -0.39 is 11.7 Å². The molecule has 0 saturated heterocycles. The number of hydrogen-bond donors (Lipinski definition) is 1. The number of benzene rings is 2. The van der Waals surface area contributed by atoms with Crippen molar-refractivity contribution in [2.45, 2.75) is 52.6 Å². The van der Waals surface area contributed by atoms with Crippen LogP contribution in [0.2, 0.25) is 5.02 Å². The predicted molar refractivity (Wildman–Crippen MR) is 146 cm³/mol. The van der Waals surface area contributed by atoms with Gasteiger partial charge >= 0.3 is 6.18 Å². The summed E-state index contributed by atoms with van der Waals surface area (Å²) in [5, 5.41) is 11.9. The van der Waals surface area contributed by atoms with Gasteiger partial charge in [-0.1, -0.05) is 51.4 Å². The number of nitrogens with zero attached hydrogens (tertiary/aromatic N) is 3. The highest BCUT2D eigenvalue weighted by Gasteiger charge is 2.33. The molecule has 0 fully saturated rings. The summed E-state index contributed by atoms with van der Waals surface area (Å²) >= 11 is 6.16. The highest BCUT2D eigenvalue weighted by atomic mass is 35.5. The van der Waals surface area contributed by atoms with E-state index in [9.17, 15) is 23.2 Å². The maximum Gasteiger partial charge on any atom is 0.416 e. The number of aromatic nitrogens is 1. The second kappa shape index (κ2) is 10.7. The Kier molecular flexibility index (Phi) is 7.96. The van der Waals surface area contributed by atoms with Crippen molar-refractivity contribution < 1.29 is 18.4 Å². The van der Waals surface area contributed by atoms with Crippen LogP contribution in [-0.2, 0) is 12.6 Å². The topological polar surface area (TPSA) is 57.8 Å². The Morgan fingerprint density at radius 1 is 1.08 bits per heavy atom. The van der Waals surface area contributed by atoms with Gasteiger partial charge in [0.15, 0.2) is 5.43 Å². The van der Waals surface area contributed by atoms with Crippen molar-refractivity contribution in [1.82, 2.24) is 9.63 Å². The number of halogens is 4. The lowest BCUT2D eigenvalue weighted by molar-refractivity contribution is -0.137. The number of hydrogen-bond acceptors (Lipinski definition) is 4. The summed E-state index contributed by atoms with van der Waals surface area (Å²) in [4.78, 5) is 20.9. The van der Waals surface area contributed by atoms with Gasteiger partial charge in [0.25, 0.3) is 0 Å². The smallest absolute Gasteiger partial charge is 0.416 e. The van der Waals surface area contributed by atoms with E-state index in [4.69, 9.17) is 16.6 Å². The van der Waals surface area contributed by atoms with E-state index >= 15 is 0 Å². The van der Waals surface area contributed by atoms with Gasteiger partial charge in [0.2, 0.25) is 0 Å². The molecule has 3 aromatic rings. The minimum Gasteiger partial charge on any atom is -0.428 e. The molecule has 0 aliphatic heterocycles. The summed E-state index contributed by atoms with van der Waals surface area (Å²) in [6.07, 6.45) is -3.76. The van der Waals surface area contributed by atoms with Gasteiger partial charge in [-0.2, -0.15) is 17.9 Å². The van der Waals surface area contributed by atoms with Crippen LogP contribution in [0.4, 0.5) is 13.2 Å². The minimum absolute atomic E-state index is 0.182. The quantitative estimate of drug-likeness (QED) is 0.331. The molecule has 4 rings (SSSR count). The highest BCUT2D eigenvalue weighted by Crippen LogP contribution is 2.36. The van der Waals surface area contributed by atoms with Crippen LogP contribution in [0.5, 0.6) is 0 Å². The van der Waals surface area contributed by atoms with E-state index in [1.54, 1.807) is 12.1 Å². The molecule has 1 aliphatic carbocycles. The molecule has 0 bridgehead atoms. The van der Waals surface area contributed by atoms with Gasteiger partial charge in [-0.15, -0.1) is 0 Å². The predicted octanol–water partition coefficient (Wildman–Crippen LogP) is 6.80. The van der Waals surface area contributed by atoms with E-state index in [0.29, 0.717) is 51.4 Å². The van der Waals surface area contributed by atoms with Crippen LogP contribution in [-0.4, -0.2) is 46.7 Å². The molecule has 0 amide bonds. The normalized spacial score (nSPS) is 17.4. The summed E-state index contributed by atoms with van der Waals surface area (Å²) in [5.41, 5.74) is 1.18. The Bertz CT molecular complexity index is 1410. The van der Waals surface area contributed by atoms with E-state index in [-0.39, 0.29) is 23.2 Å². The SMILES string of the molecule is CCN(CC)CC(C)(C)CN=C1CC(c2ccc(C(F)(F)F)cc2)Cc2c1c(=O)c1cc(Cl)ccc1n2O. The zero-order valence-corrected chi connectivity index (χ0v) is 22.8. The lowest BCUT2D eigenvalue weighted by Gasteiger charge is -2.32. The van der Waals surface area contributed by atoms with E-state index in [2.05, 4.69) is 32.6 Å². The second-order valence-electron chi connectivity index (χ2n) is 10.7. The van der Waals surface area contributed by atoms with Gasteiger partial charge < -0.3 is 10.1 Å². The average Bonchev–Trinajstić information content (AvgIpc) is 2.88. The lowest BCUT2D eigenvalue weighted by Crippen LogP contribution is -2.37. The first kappa shape index (κ1) is 28.2. The van der Waals surface area contributed by atoms with Crippen LogP contribution in [0.25, 0.3) is 10.9 Å². The molecular formula is C29H33ClF3N3O2. The molecule has 1 atom stereocenters. The number of aliphatic imine (C=N–C) groups is 1. The summed E-state index contributed by atoms with van der Waals surface area (Å²) in [6, 6.07) is 9.82. The Hall–Kier alpha value is -2.84. The first-order valence-corrected chi connectivity index (χ1v) is 13.2. The molecule has 1 heterocycles. The van der Waals surface area contributed by atoms with Crippen LogP contribution < -0.4 is 5.43 Å². The maximum atomic E-state index is 13.7. The van der Waals surface area contributed by atoms with Crippen molar-refractivity contribution in [3.8, 4) is 0 Å². The van der Waals surface area contributed by atoms with Crippen LogP contribution in [0.15, 0.2) is 52.3 Å². The Balaban J connectivity index is 1.81. The summed E-state index contributed by atoms with van der Waals surface area (Å²) in [6.45, 7) is 11.6. The highest BCUT2D eigenvalue weighted by molar-refractivity contribution is 6.31. The summed E-state index contributed by atoms with van der Waals surface area (Å²) < 4.78 is 40.4. The first-order valence-electron chi connectivity index (χ1n) is 12.8. The molecule has 0 radical (unpaired) electrons. The molecule has 5 nitrogen and oxygen atoms in total. The first-order chi connectivity index (χ1) is 17.8. The monoisotopic (exact) mass is 547 g/mol. The van der Waals surface area contributed by atoms with Crippen molar-refractivity contribution in [2.24, 2.45) is 10.4 Å². The lowest BCUT2D eigenvalue weighted by atomic mass is 9.80. The van der Waals surface area contributed by atoms with E-state index in [0.717, 1.165) is 36.5 Å². The van der Waals surface area contributed by atoms with Crippen molar-refractivity contribution in [1.29, 1.82) is 0 Å². The van der Waals surface area contributed by atoms with Crippen LogP contribution in [0.1, 0.15) is 62.4 Å². The summed E-state index contributed by atoms with van der Waals surface area (Å²) in [5.74, 6) is -0.253. The molecule has 1 N–H and O–H groups in total. The van der Waals surface area contributed by atoms with Gasteiger partial charge in [0.05, 0.1) is 27.7 Å².